The molecule has 0 radical (unpaired) electrons. The Hall–Kier alpha value is -1.59. The molecule has 6 heteroatoms. The molecule has 4 nitrogen and oxygen atoms in total. The molecule has 1 N–H and O–H groups in total. The van der Waals surface area contributed by atoms with Gasteiger partial charge in [-0.25, -0.2) is 4.52 Å². The van der Waals surface area contributed by atoms with E-state index in [1.54, 1.807) is 4.52 Å². The minimum atomic E-state index is 0.0320. The second kappa shape index (κ2) is 5.42. The Balaban J connectivity index is 1.87. The van der Waals surface area contributed by atoms with Crippen LogP contribution in [-0.4, -0.2) is 14.6 Å². The molecule has 0 bridgehead atoms. The van der Waals surface area contributed by atoms with Crippen molar-refractivity contribution in [3.05, 3.63) is 57.7 Å². The molecule has 0 saturated heterocycles. The van der Waals surface area contributed by atoms with Gasteiger partial charge in [-0.05, 0) is 46.6 Å². The van der Waals surface area contributed by atoms with Gasteiger partial charge in [-0.2, -0.15) is 4.98 Å². The summed E-state index contributed by atoms with van der Waals surface area (Å²) < 4.78 is 2.69. The SMILES string of the molecule is CC(Nc1nc2ccc(Br)cn2n1)c1ccccc1Cl. The summed E-state index contributed by atoms with van der Waals surface area (Å²) in [5.74, 6) is 0.579. The monoisotopic (exact) mass is 350 g/mol. The van der Waals surface area contributed by atoms with Crippen LogP contribution in [0.15, 0.2) is 47.1 Å². The van der Waals surface area contributed by atoms with E-state index < -0.39 is 0 Å². The highest BCUT2D eigenvalue weighted by Crippen LogP contribution is 2.24. The third kappa shape index (κ3) is 2.64. The van der Waals surface area contributed by atoms with Crippen molar-refractivity contribution in [2.24, 2.45) is 0 Å². The van der Waals surface area contributed by atoms with Crippen LogP contribution in [0.3, 0.4) is 0 Å². The first-order chi connectivity index (χ1) is 9.63. The lowest BCUT2D eigenvalue weighted by atomic mass is 10.1. The Bertz CT molecular complexity index is 756. The first kappa shape index (κ1) is 13.4. The van der Waals surface area contributed by atoms with Crippen molar-refractivity contribution in [1.82, 2.24) is 14.6 Å². The molecule has 0 spiro atoms. The molecule has 0 fully saturated rings. The molecule has 102 valence electrons. The summed E-state index contributed by atoms with van der Waals surface area (Å²) in [4.78, 5) is 4.43. The Morgan fingerprint density at radius 3 is 2.85 bits per heavy atom. The highest BCUT2D eigenvalue weighted by molar-refractivity contribution is 9.10. The van der Waals surface area contributed by atoms with E-state index in [4.69, 9.17) is 11.6 Å². The summed E-state index contributed by atoms with van der Waals surface area (Å²) >= 11 is 9.60. The predicted octanol–water partition coefficient (Wildman–Crippen LogP) is 4.32. The van der Waals surface area contributed by atoms with E-state index in [1.165, 1.54) is 0 Å². The third-order valence-corrected chi connectivity index (χ3v) is 3.83. The fourth-order valence-electron chi connectivity index (χ4n) is 2.02. The highest BCUT2D eigenvalue weighted by Gasteiger charge is 2.11. The summed E-state index contributed by atoms with van der Waals surface area (Å²) in [5.41, 5.74) is 1.82. The molecule has 1 aromatic carbocycles. The molecule has 1 atom stereocenters. The van der Waals surface area contributed by atoms with Crippen LogP contribution in [0.2, 0.25) is 5.02 Å². The Morgan fingerprint density at radius 2 is 2.05 bits per heavy atom. The van der Waals surface area contributed by atoms with E-state index in [0.717, 1.165) is 20.7 Å². The lowest BCUT2D eigenvalue weighted by Gasteiger charge is -2.13. The van der Waals surface area contributed by atoms with Gasteiger partial charge in [-0.1, -0.05) is 29.8 Å². The molecule has 0 saturated carbocycles. The average Bonchev–Trinajstić information content (AvgIpc) is 2.80. The lowest BCUT2D eigenvalue weighted by molar-refractivity contribution is 0.852. The van der Waals surface area contributed by atoms with Crippen molar-refractivity contribution >= 4 is 39.1 Å². The second-order valence-corrected chi connectivity index (χ2v) is 5.80. The summed E-state index contributed by atoms with van der Waals surface area (Å²) in [6, 6.07) is 11.6. The van der Waals surface area contributed by atoms with Gasteiger partial charge in [0.25, 0.3) is 0 Å². The van der Waals surface area contributed by atoms with E-state index in [0.29, 0.717) is 5.95 Å². The van der Waals surface area contributed by atoms with E-state index in [-0.39, 0.29) is 6.04 Å². The van der Waals surface area contributed by atoms with Crippen molar-refractivity contribution < 1.29 is 0 Å². The number of pyridine rings is 1. The lowest BCUT2D eigenvalue weighted by Crippen LogP contribution is -2.08. The number of hydrogen-bond donors (Lipinski definition) is 1. The van der Waals surface area contributed by atoms with Gasteiger partial charge >= 0.3 is 0 Å². The standard InChI is InChI=1S/C14H12BrClN4/c1-9(11-4-2-3-5-12(11)16)17-14-18-13-7-6-10(15)8-20(13)19-14/h2-9H,1H3,(H,17,19). The van der Waals surface area contributed by atoms with Gasteiger partial charge in [-0.15, -0.1) is 5.10 Å². The maximum absolute atomic E-state index is 6.19. The number of rotatable bonds is 3. The minimum Gasteiger partial charge on any atom is -0.346 e. The van der Waals surface area contributed by atoms with Crippen molar-refractivity contribution in [2.75, 3.05) is 5.32 Å². The minimum absolute atomic E-state index is 0.0320. The van der Waals surface area contributed by atoms with Crippen LogP contribution in [0.1, 0.15) is 18.5 Å². The third-order valence-electron chi connectivity index (χ3n) is 3.01. The van der Waals surface area contributed by atoms with Crippen LogP contribution < -0.4 is 5.32 Å². The zero-order valence-corrected chi connectivity index (χ0v) is 13.1. The number of nitrogens with one attached hydrogen (secondary N) is 1. The molecule has 3 aromatic rings. The summed E-state index contributed by atoms with van der Waals surface area (Å²) in [6.07, 6.45) is 1.87. The van der Waals surface area contributed by atoms with Gasteiger partial charge in [0.05, 0.1) is 6.04 Å². The maximum Gasteiger partial charge on any atom is 0.243 e. The zero-order chi connectivity index (χ0) is 14.1. The number of fused-ring (bicyclic) bond motifs is 1. The Morgan fingerprint density at radius 1 is 1.25 bits per heavy atom. The van der Waals surface area contributed by atoms with Crippen LogP contribution in [0, 0.1) is 0 Å². The molecule has 2 heterocycles. The largest absolute Gasteiger partial charge is 0.346 e. The highest BCUT2D eigenvalue weighted by atomic mass is 79.9. The normalized spacial score (nSPS) is 12.6. The second-order valence-electron chi connectivity index (χ2n) is 4.47. The van der Waals surface area contributed by atoms with E-state index >= 15 is 0 Å². The van der Waals surface area contributed by atoms with Crippen molar-refractivity contribution in [1.29, 1.82) is 0 Å². The number of nitrogens with zero attached hydrogens (tertiary/aromatic N) is 3. The molecule has 1 unspecified atom stereocenters. The number of hydrogen-bond acceptors (Lipinski definition) is 3. The molecule has 0 aliphatic carbocycles. The summed E-state index contributed by atoms with van der Waals surface area (Å²) in [6.45, 7) is 2.03. The van der Waals surface area contributed by atoms with Crippen LogP contribution in [0.25, 0.3) is 5.65 Å². The molecule has 0 aliphatic rings. The summed E-state index contributed by atoms with van der Waals surface area (Å²) in [5, 5.41) is 8.39. The van der Waals surface area contributed by atoms with E-state index in [9.17, 15) is 0 Å². The van der Waals surface area contributed by atoms with Crippen molar-refractivity contribution in [2.45, 2.75) is 13.0 Å². The molecule has 2 aromatic heterocycles. The van der Waals surface area contributed by atoms with E-state index in [2.05, 4.69) is 31.3 Å². The quantitative estimate of drug-likeness (QED) is 0.764. The maximum atomic E-state index is 6.19. The molecule has 0 amide bonds. The molecular formula is C14H12BrClN4. The number of benzene rings is 1. The number of aromatic nitrogens is 3. The van der Waals surface area contributed by atoms with Gasteiger partial charge in [0, 0.05) is 15.7 Å². The van der Waals surface area contributed by atoms with Crippen LogP contribution in [0.5, 0.6) is 0 Å². The predicted molar refractivity (Wildman–Crippen MR) is 84.2 cm³/mol. The molecule has 0 aliphatic heterocycles. The van der Waals surface area contributed by atoms with E-state index in [1.807, 2.05) is 49.5 Å². The van der Waals surface area contributed by atoms with Gasteiger partial charge in [0.1, 0.15) is 0 Å². The van der Waals surface area contributed by atoms with Gasteiger partial charge < -0.3 is 5.32 Å². The first-order valence-electron chi connectivity index (χ1n) is 6.16. The van der Waals surface area contributed by atoms with Crippen LogP contribution >= 0.6 is 27.5 Å². The molecule has 20 heavy (non-hydrogen) atoms. The Kier molecular flexibility index (Phi) is 3.63. The molecular weight excluding hydrogens is 340 g/mol. The van der Waals surface area contributed by atoms with Gasteiger partial charge in [0.15, 0.2) is 5.65 Å². The summed E-state index contributed by atoms with van der Waals surface area (Å²) in [7, 11) is 0. The fraction of sp³-hybridized carbons (Fsp3) is 0.143. The smallest absolute Gasteiger partial charge is 0.243 e. The number of anilines is 1. The van der Waals surface area contributed by atoms with Crippen molar-refractivity contribution in [3.63, 3.8) is 0 Å². The van der Waals surface area contributed by atoms with Gasteiger partial charge in [-0.3, -0.25) is 0 Å². The zero-order valence-electron chi connectivity index (χ0n) is 10.7. The fourth-order valence-corrected chi connectivity index (χ4v) is 2.64. The Labute approximate surface area is 129 Å². The van der Waals surface area contributed by atoms with Gasteiger partial charge in [0.2, 0.25) is 5.95 Å². The number of halogens is 2. The van der Waals surface area contributed by atoms with Crippen LogP contribution in [0.4, 0.5) is 5.95 Å². The first-order valence-corrected chi connectivity index (χ1v) is 7.33. The van der Waals surface area contributed by atoms with Crippen LogP contribution in [-0.2, 0) is 0 Å². The topological polar surface area (TPSA) is 42.2 Å². The van der Waals surface area contributed by atoms with Crippen molar-refractivity contribution in [3.8, 4) is 0 Å². The molecule has 3 rings (SSSR count). The average molecular weight is 352 g/mol.